The first kappa shape index (κ1) is 20.6. The molecule has 1 aliphatic rings. The monoisotopic (exact) mass is 422 g/mol. The van der Waals surface area contributed by atoms with Gasteiger partial charge in [0, 0.05) is 31.7 Å². The lowest BCUT2D eigenvalue weighted by molar-refractivity contribution is 0.154. The van der Waals surface area contributed by atoms with Gasteiger partial charge in [-0.3, -0.25) is 4.90 Å². The third kappa shape index (κ3) is 4.12. The van der Waals surface area contributed by atoms with Crippen molar-refractivity contribution in [3.05, 3.63) is 95.6 Å². The summed E-state index contributed by atoms with van der Waals surface area (Å²) in [6.45, 7) is 4.03. The minimum absolute atomic E-state index is 0.131. The molecule has 1 saturated heterocycles. The van der Waals surface area contributed by atoms with Gasteiger partial charge < -0.3 is 5.11 Å². The molecule has 1 fully saturated rings. The summed E-state index contributed by atoms with van der Waals surface area (Å²) in [6, 6.07) is 24.1. The van der Waals surface area contributed by atoms with Gasteiger partial charge in [-0.2, -0.15) is 4.31 Å². The van der Waals surface area contributed by atoms with Crippen molar-refractivity contribution in [2.75, 3.05) is 26.2 Å². The molecule has 0 saturated carbocycles. The fraction of sp³-hybridized carbons (Fsp3) is 0.250. The van der Waals surface area contributed by atoms with Gasteiger partial charge in [-0.25, -0.2) is 8.42 Å². The van der Waals surface area contributed by atoms with Gasteiger partial charge in [-0.05, 0) is 30.7 Å². The van der Waals surface area contributed by atoms with Crippen molar-refractivity contribution in [3.63, 3.8) is 0 Å². The average molecular weight is 423 g/mol. The quantitative estimate of drug-likeness (QED) is 0.680. The van der Waals surface area contributed by atoms with Gasteiger partial charge in [0.1, 0.15) is 5.75 Å². The standard InChI is InChI=1S/C24H26N2O3S/c1-19-11-13-20(14-12-19)24(22-9-5-6-10-23(22)27)25-15-17-26(18-16-25)30(28,29)21-7-3-2-4-8-21/h2-14,24,27H,15-18H2,1H3/t24-/m1/s1. The molecule has 6 heteroatoms. The van der Waals surface area contributed by atoms with E-state index in [9.17, 15) is 13.5 Å². The first-order chi connectivity index (χ1) is 14.5. The van der Waals surface area contributed by atoms with Crippen LogP contribution in [0.5, 0.6) is 5.75 Å². The van der Waals surface area contributed by atoms with Crippen LogP contribution in [0.3, 0.4) is 0 Å². The molecule has 1 heterocycles. The van der Waals surface area contributed by atoms with Crippen molar-refractivity contribution < 1.29 is 13.5 Å². The Balaban J connectivity index is 1.60. The molecular weight excluding hydrogens is 396 g/mol. The highest BCUT2D eigenvalue weighted by Crippen LogP contribution is 2.35. The molecule has 30 heavy (non-hydrogen) atoms. The molecule has 156 valence electrons. The molecule has 0 radical (unpaired) electrons. The Kier molecular flexibility index (Phi) is 5.90. The zero-order chi connectivity index (χ0) is 21.1. The van der Waals surface area contributed by atoms with Crippen LogP contribution < -0.4 is 0 Å². The zero-order valence-electron chi connectivity index (χ0n) is 17.0. The largest absolute Gasteiger partial charge is 0.508 e. The minimum Gasteiger partial charge on any atom is -0.508 e. The van der Waals surface area contributed by atoms with Gasteiger partial charge in [-0.1, -0.05) is 66.2 Å². The highest BCUT2D eigenvalue weighted by Gasteiger charge is 2.32. The fourth-order valence-corrected chi connectivity index (χ4v) is 5.44. The van der Waals surface area contributed by atoms with Crippen LogP contribution in [0.2, 0.25) is 0 Å². The van der Waals surface area contributed by atoms with Gasteiger partial charge in [-0.15, -0.1) is 0 Å². The Morgan fingerprint density at radius 2 is 1.40 bits per heavy atom. The number of aryl methyl sites for hydroxylation is 1. The van der Waals surface area contributed by atoms with Crippen LogP contribution in [-0.4, -0.2) is 48.9 Å². The smallest absolute Gasteiger partial charge is 0.243 e. The number of para-hydroxylation sites is 1. The van der Waals surface area contributed by atoms with E-state index in [0.717, 1.165) is 11.1 Å². The predicted molar refractivity (Wildman–Crippen MR) is 118 cm³/mol. The van der Waals surface area contributed by atoms with E-state index in [-0.39, 0.29) is 11.8 Å². The van der Waals surface area contributed by atoms with Gasteiger partial charge in [0.25, 0.3) is 0 Å². The molecule has 5 nitrogen and oxygen atoms in total. The van der Waals surface area contributed by atoms with Crippen molar-refractivity contribution in [2.24, 2.45) is 0 Å². The van der Waals surface area contributed by atoms with Gasteiger partial charge in [0.15, 0.2) is 0 Å². The highest BCUT2D eigenvalue weighted by molar-refractivity contribution is 7.89. The average Bonchev–Trinajstić information content (AvgIpc) is 2.77. The molecule has 3 aromatic carbocycles. The number of aromatic hydroxyl groups is 1. The number of benzene rings is 3. The van der Waals surface area contributed by atoms with Crippen molar-refractivity contribution in [3.8, 4) is 5.75 Å². The number of hydrogen-bond acceptors (Lipinski definition) is 4. The molecule has 1 atom stereocenters. The number of piperazine rings is 1. The Morgan fingerprint density at radius 3 is 2.03 bits per heavy atom. The molecule has 4 rings (SSSR count). The summed E-state index contributed by atoms with van der Waals surface area (Å²) in [4.78, 5) is 2.57. The molecule has 0 spiro atoms. The first-order valence-corrected chi connectivity index (χ1v) is 11.5. The summed E-state index contributed by atoms with van der Waals surface area (Å²) in [5, 5.41) is 10.5. The summed E-state index contributed by atoms with van der Waals surface area (Å²) in [5.74, 6) is 0.252. The Hall–Kier alpha value is -2.67. The van der Waals surface area contributed by atoms with E-state index in [0.29, 0.717) is 31.1 Å². The molecular formula is C24H26N2O3S. The molecule has 3 aromatic rings. The number of sulfonamides is 1. The van der Waals surface area contributed by atoms with Gasteiger partial charge in [0.05, 0.1) is 10.9 Å². The summed E-state index contributed by atoms with van der Waals surface area (Å²) in [7, 11) is -3.50. The lowest BCUT2D eigenvalue weighted by Crippen LogP contribution is -2.49. The van der Waals surface area contributed by atoms with Crippen molar-refractivity contribution in [2.45, 2.75) is 17.9 Å². The summed E-state index contributed by atoms with van der Waals surface area (Å²) in [5.41, 5.74) is 3.09. The zero-order valence-corrected chi connectivity index (χ0v) is 17.8. The molecule has 1 aliphatic heterocycles. The van der Waals surface area contributed by atoms with Crippen LogP contribution in [0.1, 0.15) is 22.7 Å². The lowest BCUT2D eigenvalue weighted by atomic mass is 9.95. The van der Waals surface area contributed by atoms with E-state index in [2.05, 4.69) is 29.2 Å². The normalized spacial score (nSPS) is 17.0. The van der Waals surface area contributed by atoms with Crippen molar-refractivity contribution >= 4 is 10.0 Å². The number of phenols is 1. The maximum absolute atomic E-state index is 13.0. The number of nitrogens with zero attached hydrogens (tertiary/aromatic N) is 2. The Bertz CT molecular complexity index is 1090. The van der Waals surface area contributed by atoms with Crippen LogP contribution >= 0.6 is 0 Å². The molecule has 0 bridgehead atoms. The number of hydrogen-bond donors (Lipinski definition) is 1. The Labute approximate surface area is 178 Å². The van der Waals surface area contributed by atoms with E-state index >= 15 is 0 Å². The van der Waals surface area contributed by atoms with E-state index < -0.39 is 10.0 Å². The van der Waals surface area contributed by atoms with E-state index in [4.69, 9.17) is 0 Å². The third-order valence-corrected chi connectivity index (χ3v) is 7.56. The van der Waals surface area contributed by atoms with Crippen LogP contribution in [0.15, 0.2) is 83.8 Å². The Morgan fingerprint density at radius 1 is 0.800 bits per heavy atom. The van der Waals surface area contributed by atoms with Gasteiger partial charge in [0.2, 0.25) is 10.0 Å². The van der Waals surface area contributed by atoms with Crippen LogP contribution in [0, 0.1) is 6.92 Å². The molecule has 0 amide bonds. The highest BCUT2D eigenvalue weighted by atomic mass is 32.2. The molecule has 0 unspecified atom stereocenters. The predicted octanol–water partition coefficient (Wildman–Crippen LogP) is 3.80. The maximum atomic E-state index is 13.0. The second-order valence-electron chi connectivity index (χ2n) is 7.63. The number of phenolic OH excluding ortho intramolecular Hbond substituents is 1. The fourth-order valence-electron chi connectivity index (χ4n) is 4.00. The molecule has 0 aliphatic carbocycles. The SMILES string of the molecule is Cc1ccc([C@H](c2ccccc2O)N2CCN(S(=O)(=O)c3ccccc3)CC2)cc1. The maximum Gasteiger partial charge on any atom is 0.243 e. The third-order valence-electron chi connectivity index (χ3n) is 5.64. The van der Waals surface area contributed by atoms with Crippen molar-refractivity contribution in [1.29, 1.82) is 0 Å². The minimum atomic E-state index is -3.50. The summed E-state index contributed by atoms with van der Waals surface area (Å²) in [6.07, 6.45) is 0. The lowest BCUT2D eigenvalue weighted by Gasteiger charge is -2.39. The molecule has 1 N–H and O–H groups in total. The second-order valence-corrected chi connectivity index (χ2v) is 9.56. The van der Waals surface area contributed by atoms with E-state index in [1.807, 2.05) is 31.2 Å². The van der Waals surface area contributed by atoms with Crippen molar-refractivity contribution in [1.82, 2.24) is 9.21 Å². The van der Waals surface area contributed by atoms with Crippen LogP contribution in [0.4, 0.5) is 0 Å². The first-order valence-electron chi connectivity index (χ1n) is 10.1. The van der Waals surface area contributed by atoms with E-state index in [1.54, 1.807) is 34.6 Å². The van der Waals surface area contributed by atoms with E-state index in [1.165, 1.54) is 5.56 Å². The summed E-state index contributed by atoms with van der Waals surface area (Å²) < 4.78 is 27.5. The summed E-state index contributed by atoms with van der Waals surface area (Å²) >= 11 is 0. The van der Waals surface area contributed by atoms with Crippen LogP contribution in [0.25, 0.3) is 0 Å². The number of rotatable bonds is 5. The molecule has 0 aromatic heterocycles. The van der Waals surface area contributed by atoms with Gasteiger partial charge >= 0.3 is 0 Å². The van der Waals surface area contributed by atoms with Crippen LogP contribution in [-0.2, 0) is 10.0 Å². The second kappa shape index (κ2) is 8.60. The topological polar surface area (TPSA) is 60.9 Å².